The van der Waals surface area contributed by atoms with E-state index in [1.807, 2.05) is 6.92 Å². The van der Waals surface area contributed by atoms with Crippen LogP contribution in [0.2, 0.25) is 0 Å². The molecule has 0 spiro atoms. The lowest BCUT2D eigenvalue weighted by Gasteiger charge is -2.14. The summed E-state index contributed by atoms with van der Waals surface area (Å²) in [5.41, 5.74) is 1.72. The number of ether oxygens (including phenoxy) is 3. The molecule has 0 radical (unpaired) electrons. The number of hydrogen-bond acceptors (Lipinski definition) is 8. The molecule has 0 bridgehead atoms. The van der Waals surface area contributed by atoms with Crippen LogP contribution in [0.3, 0.4) is 0 Å². The van der Waals surface area contributed by atoms with Gasteiger partial charge in [0.25, 0.3) is 0 Å². The van der Waals surface area contributed by atoms with Gasteiger partial charge in [-0.05, 0) is 54.3 Å². The third-order valence-electron chi connectivity index (χ3n) is 5.66. The van der Waals surface area contributed by atoms with Gasteiger partial charge in [-0.3, -0.25) is 4.79 Å². The number of halogens is 3. The molecule has 0 unspecified atom stereocenters. The zero-order valence-corrected chi connectivity index (χ0v) is 21.3. The lowest BCUT2D eigenvalue weighted by Crippen LogP contribution is -2.10. The number of nitrogens with zero attached hydrogens (tertiary/aromatic N) is 1. The molecular weight excluding hydrogens is 505 g/mol. The minimum atomic E-state index is -4.61. The first-order chi connectivity index (χ1) is 18.2. The number of methoxy groups -OCH3 is 2. The van der Waals surface area contributed by atoms with E-state index in [2.05, 4.69) is 15.2 Å². The second kappa shape index (κ2) is 13.0. The first kappa shape index (κ1) is 28.5. The van der Waals surface area contributed by atoms with Crippen LogP contribution in [0.15, 0.2) is 40.9 Å². The summed E-state index contributed by atoms with van der Waals surface area (Å²) in [5, 5.41) is 6.42. The molecule has 3 rings (SSSR count). The molecule has 38 heavy (non-hydrogen) atoms. The Morgan fingerprint density at radius 1 is 1.13 bits per heavy atom. The molecule has 2 aromatic carbocycles. The van der Waals surface area contributed by atoms with Crippen LogP contribution in [0.5, 0.6) is 5.75 Å². The van der Waals surface area contributed by atoms with Crippen LogP contribution in [-0.4, -0.2) is 44.5 Å². The Morgan fingerprint density at radius 2 is 1.92 bits per heavy atom. The number of benzene rings is 2. The van der Waals surface area contributed by atoms with Gasteiger partial charge in [0, 0.05) is 23.9 Å². The number of esters is 2. The highest BCUT2D eigenvalue weighted by Gasteiger charge is 2.37. The Bertz CT molecular complexity index is 1300. The van der Waals surface area contributed by atoms with E-state index >= 15 is 0 Å². The predicted molar refractivity (Wildman–Crippen MR) is 135 cm³/mol. The van der Waals surface area contributed by atoms with Crippen molar-refractivity contribution in [2.24, 2.45) is 0 Å². The van der Waals surface area contributed by atoms with E-state index < -0.39 is 17.8 Å². The van der Waals surface area contributed by atoms with Crippen molar-refractivity contribution in [2.75, 3.05) is 32.7 Å². The highest BCUT2D eigenvalue weighted by Crippen LogP contribution is 2.38. The molecule has 8 nitrogen and oxygen atoms in total. The van der Waals surface area contributed by atoms with Crippen molar-refractivity contribution in [3.8, 4) is 5.75 Å². The molecule has 0 amide bonds. The van der Waals surface area contributed by atoms with Crippen LogP contribution in [-0.2, 0) is 38.1 Å². The van der Waals surface area contributed by atoms with E-state index in [9.17, 15) is 22.8 Å². The van der Waals surface area contributed by atoms with Crippen molar-refractivity contribution in [2.45, 2.75) is 38.8 Å². The lowest BCUT2D eigenvalue weighted by molar-refractivity contribution is -0.141. The summed E-state index contributed by atoms with van der Waals surface area (Å²) < 4.78 is 60.0. The number of carbonyl (C=O) groups excluding carboxylic acids is 2. The average Bonchev–Trinajstić information content (AvgIpc) is 3.34. The summed E-state index contributed by atoms with van der Waals surface area (Å²) in [6, 6.07) is 8.18. The number of fused-ring (bicyclic) bond motifs is 1. The van der Waals surface area contributed by atoms with E-state index in [-0.39, 0.29) is 23.4 Å². The molecule has 1 heterocycles. The number of nitrogens with one attached hydrogen (secondary N) is 1. The summed E-state index contributed by atoms with van der Waals surface area (Å²) in [5.74, 6) is -0.443. The fraction of sp³-hybridized carbons (Fsp3) is 0.370. The zero-order chi connectivity index (χ0) is 27.7. The Labute approximate surface area is 217 Å². The minimum Gasteiger partial charge on any atom is -0.493 e. The molecule has 1 N–H and O–H groups in total. The highest BCUT2D eigenvalue weighted by atomic mass is 19.4. The minimum absolute atomic E-state index is 0.0850. The van der Waals surface area contributed by atoms with Crippen molar-refractivity contribution >= 4 is 34.7 Å². The molecule has 0 saturated carbocycles. The van der Waals surface area contributed by atoms with Gasteiger partial charge in [-0.1, -0.05) is 24.6 Å². The SMILES string of the molecule is CCCc1c(OCCCNc2ccc(CC(=O)OC)cc2/C=C/C(=O)OC)ccc2c(C(F)(F)F)noc12. The maximum atomic E-state index is 13.2. The van der Waals surface area contributed by atoms with E-state index in [0.717, 1.165) is 11.3 Å². The van der Waals surface area contributed by atoms with Crippen molar-refractivity contribution in [3.63, 3.8) is 0 Å². The second-order valence-corrected chi connectivity index (χ2v) is 8.36. The number of rotatable bonds is 12. The topological polar surface area (TPSA) is 99.9 Å². The van der Waals surface area contributed by atoms with Crippen LogP contribution >= 0.6 is 0 Å². The Hall–Kier alpha value is -4.02. The van der Waals surface area contributed by atoms with E-state index in [1.165, 1.54) is 32.4 Å². The fourth-order valence-corrected chi connectivity index (χ4v) is 3.83. The largest absolute Gasteiger partial charge is 0.493 e. The fourth-order valence-electron chi connectivity index (χ4n) is 3.83. The predicted octanol–water partition coefficient (Wildman–Crippen LogP) is 5.58. The summed E-state index contributed by atoms with van der Waals surface area (Å²) in [6.07, 6.45) is 0.0832. The summed E-state index contributed by atoms with van der Waals surface area (Å²) in [4.78, 5) is 23.2. The molecule has 0 atom stereocenters. The van der Waals surface area contributed by atoms with Gasteiger partial charge < -0.3 is 24.1 Å². The first-order valence-electron chi connectivity index (χ1n) is 12.0. The van der Waals surface area contributed by atoms with Crippen LogP contribution in [0.25, 0.3) is 17.0 Å². The molecular formula is C27H29F3N2O6. The lowest BCUT2D eigenvalue weighted by atomic mass is 10.0. The molecule has 0 aliphatic carbocycles. The average molecular weight is 535 g/mol. The van der Waals surface area contributed by atoms with Gasteiger partial charge >= 0.3 is 18.1 Å². The first-order valence-corrected chi connectivity index (χ1v) is 12.0. The third kappa shape index (κ3) is 7.27. The molecule has 0 aliphatic heterocycles. The summed E-state index contributed by atoms with van der Waals surface area (Å²) in [6.45, 7) is 2.71. The standard InChI is InChI=1S/C27H29F3N2O6/c1-4-6-19-22(11-9-20-25(19)38-32-26(20)27(28,29)30)37-14-5-13-31-21-10-7-17(16-24(34)36-3)15-18(21)8-12-23(33)35-2/h7-12,15,31H,4-6,13-14,16H2,1-3H3/b12-8+. The number of alkyl halides is 3. The van der Waals surface area contributed by atoms with Crippen LogP contribution in [0.1, 0.15) is 42.1 Å². The Kier molecular flexibility index (Phi) is 9.75. The summed E-state index contributed by atoms with van der Waals surface area (Å²) >= 11 is 0. The Balaban J connectivity index is 1.67. The van der Waals surface area contributed by atoms with Crippen LogP contribution in [0.4, 0.5) is 18.9 Å². The molecule has 204 valence electrons. The molecule has 0 aliphatic rings. The highest BCUT2D eigenvalue weighted by molar-refractivity contribution is 5.88. The number of hydrogen-bond donors (Lipinski definition) is 1. The number of carbonyl (C=O) groups is 2. The van der Waals surface area contributed by atoms with Gasteiger partial charge in [0.2, 0.25) is 0 Å². The molecule has 0 fully saturated rings. The number of aryl methyl sites for hydroxylation is 1. The van der Waals surface area contributed by atoms with Crippen LogP contribution < -0.4 is 10.1 Å². The Morgan fingerprint density at radius 3 is 2.61 bits per heavy atom. The van der Waals surface area contributed by atoms with Gasteiger partial charge in [-0.25, -0.2) is 4.79 Å². The molecule has 11 heteroatoms. The van der Waals surface area contributed by atoms with Gasteiger partial charge in [-0.15, -0.1) is 0 Å². The normalized spacial score (nSPS) is 11.6. The van der Waals surface area contributed by atoms with Crippen LogP contribution in [0, 0.1) is 0 Å². The van der Waals surface area contributed by atoms with Crippen molar-refractivity contribution in [3.05, 3.63) is 58.8 Å². The van der Waals surface area contributed by atoms with Gasteiger partial charge in [0.05, 0.1) is 32.6 Å². The number of anilines is 1. The van der Waals surface area contributed by atoms with Gasteiger partial charge in [0.15, 0.2) is 11.3 Å². The smallest absolute Gasteiger partial charge is 0.437 e. The maximum absolute atomic E-state index is 13.2. The van der Waals surface area contributed by atoms with Crippen molar-refractivity contribution in [1.82, 2.24) is 5.16 Å². The molecule has 0 saturated heterocycles. The quantitative estimate of drug-likeness (QED) is 0.183. The van der Waals surface area contributed by atoms with Gasteiger partial charge in [0.1, 0.15) is 5.75 Å². The molecule has 3 aromatic rings. The monoisotopic (exact) mass is 534 g/mol. The third-order valence-corrected chi connectivity index (χ3v) is 5.66. The second-order valence-electron chi connectivity index (χ2n) is 8.36. The summed E-state index contributed by atoms with van der Waals surface area (Å²) in [7, 11) is 2.59. The van der Waals surface area contributed by atoms with Crippen molar-refractivity contribution in [1.29, 1.82) is 0 Å². The zero-order valence-electron chi connectivity index (χ0n) is 21.3. The molecule has 1 aromatic heterocycles. The van der Waals surface area contributed by atoms with Crippen molar-refractivity contribution < 1.29 is 41.5 Å². The van der Waals surface area contributed by atoms with E-state index in [1.54, 1.807) is 24.3 Å². The maximum Gasteiger partial charge on any atom is 0.437 e. The number of aromatic nitrogens is 1. The van der Waals surface area contributed by atoms with E-state index in [4.69, 9.17) is 14.0 Å². The van der Waals surface area contributed by atoms with E-state index in [0.29, 0.717) is 49.3 Å². The van der Waals surface area contributed by atoms with Gasteiger partial charge in [-0.2, -0.15) is 13.2 Å².